The number of benzene rings is 2. The maximum absolute atomic E-state index is 12.9. The average Bonchev–Trinajstić information content (AvgIpc) is 3.05. The number of rotatable bonds is 5. The largest absolute Gasteiger partial charge is 0.346 e. The number of nitrogens with one attached hydrogen (secondary N) is 1. The van der Waals surface area contributed by atoms with Crippen LogP contribution in [-0.2, 0) is 13.1 Å². The molecule has 0 atom stereocenters. The van der Waals surface area contributed by atoms with E-state index in [1.54, 1.807) is 4.68 Å². The molecule has 0 aliphatic carbocycles. The summed E-state index contributed by atoms with van der Waals surface area (Å²) in [5.41, 5.74) is 3.43. The number of nitrogens with zero attached hydrogens (tertiary/aromatic N) is 3. The van der Waals surface area contributed by atoms with Crippen LogP contribution >= 0.6 is 24.8 Å². The van der Waals surface area contributed by atoms with E-state index in [9.17, 15) is 4.79 Å². The van der Waals surface area contributed by atoms with Crippen molar-refractivity contribution < 1.29 is 0 Å². The highest BCUT2D eigenvalue weighted by Crippen LogP contribution is 2.23. The van der Waals surface area contributed by atoms with E-state index in [1.807, 2.05) is 35.8 Å². The van der Waals surface area contributed by atoms with Crippen LogP contribution in [0.3, 0.4) is 0 Å². The van der Waals surface area contributed by atoms with Gasteiger partial charge in [-0.1, -0.05) is 48.5 Å². The van der Waals surface area contributed by atoms with Gasteiger partial charge in [0, 0.05) is 12.5 Å². The Morgan fingerprint density at radius 3 is 2.38 bits per heavy atom. The monoisotopic (exact) mass is 434 g/mol. The second-order valence-electron chi connectivity index (χ2n) is 7.13. The fraction of sp³-hybridized carbons (Fsp3) is 0.364. The molecule has 2 heterocycles. The van der Waals surface area contributed by atoms with Crippen molar-refractivity contribution in [3.63, 3.8) is 0 Å². The van der Waals surface area contributed by atoms with Crippen molar-refractivity contribution >= 4 is 24.8 Å². The van der Waals surface area contributed by atoms with Crippen molar-refractivity contribution in [2.24, 2.45) is 0 Å². The number of piperidine rings is 1. The fourth-order valence-electron chi connectivity index (χ4n) is 3.89. The van der Waals surface area contributed by atoms with E-state index in [-0.39, 0.29) is 30.5 Å². The number of halogens is 2. The summed E-state index contributed by atoms with van der Waals surface area (Å²) in [4.78, 5) is 12.9. The molecule has 1 aliphatic rings. The maximum atomic E-state index is 12.9. The van der Waals surface area contributed by atoms with Crippen molar-refractivity contribution in [2.75, 3.05) is 13.1 Å². The summed E-state index contributed by atoms with van der Waals surface area (Å²) in [6, 6.07) is 18.7. The number of hydrogen-bond acceptors (Lipinski definition) is 3. The third-order valence-corrected chi connectivity index (χ3v) is 5.34. The van der Waals surface area contributed by atoms with Gasteiger partial charge < -0.3 is 5.32 Å². The van der Waals surface area contributed by atoms with E-state index in [0.29, 0.717) is 19.0 Å². The van der Waals surface area contributed by atoms with E-state index in [2.05, 4.69) is 35.6 Å². The first-order valence-corrected chi connectivity index (χ1v) is 9.79. The topological polar surface area (TPSA) is 51.9 Å². The van der Waals surface area contributed by atoms with Gasteiger partial charge in [0.25, 0.3) is 0 Å². The molecule has 1 fully saturated rings. The van der Waals surface area contributed by atoms with Gasteiger partial charge in [0.2, 0.25) is 0 Å². The Labute approximate surface area is 184 Å². The van der Waals surface area contributed by atoms with Gasteiger partial charge in [-0.25, -0.2) is 9.48 Å². The predicted molar refractivity (Wildman–Crippen MR) is 122 cm³/mol. The van der Waals surface area contributed by atoms with Crippen LogP contribution < -0.4 is 11.0 Å². The Hall–Kier alpha value is -2.08. The molecule has 156 valence electrons. The van der Waals surface area contributed by atoms with Crippen LogP contribution in [0.5, 0.6) is 0 Å². The smallest absolute Gasteiger partial charge is 0.317 e. The lowest BCUT2D eigenvalue weighted by Crippen LogP contribution is -2.29. The molecule has 3 aromatic rings. The lowest BCUT2D eigenvalue weighted by Gasteiger charge is -2.21. The zero-order valence-electron chi connectivity index (χ0n) is 16.6. The number of aromatic nitrogens is 3. The number of hydrogen-bond donors (Lipinski definition) is 1. The van der Waals surface area contributed by atoms with Gasteiger partial charge in [0.05, 0.1) is 6.54 Å². The molecule has 5 nitrogen and oxygen atoms in total. The minimum absolute atomic E-state index is 0. The van der Waals surface area contributed by atoms with Gasteiger partial charge in [-0.3, -0.25) is 4.57 Å². The van der Waals surface area contributed by atoms with E-state index in [4.69, 9.17) is 5.10 Å². The van der Waals surface area contributed by atoms with Crippen LogP contribution in [0.2, 0.25) is 0 Å². The fourth-order valence-corrected chi connectivity index (χ4v) is 3.89. The van der Waals surface area contributed by atoms with Gasteiger partial charge in [-0.15, -0.1) is 24.8 Å². The maximum Gasteiger partial charge on any atom is 0.346 e. The highest BCUT2D eigenvalue weighted by atomic mass is 35.5. The lowest BCUT2D eigenvalue weighted by molar-refractivity contribution is 0.429. The molecule has 1 N–H and O–H groups in total. The molecule has 29 heavy (non-hydrogen) atoms. The highest BCUT2D eigenvalue weighted by molar-refractivity contribution is 5.85. The Morgan fingerprint density at radius 2 is 1.69 bits per heavy atom. The Bertz CT molecular complexity index is 962. The third-order valence-electron chi connectivity index (χ3n) is 5.34. The van der Waals surface area contributed by atoms with Crippen LogP contribution in [0.15, 0.2) is 59.4 Å². The van der Waals surface area contributed by atoms with Crippen molar-refractivity contribution in [2.45, 2.75) is 38.8 Å². The molecule has 4 rings (SSSR count). The molecule has 1 saturated heterocycles. The minimum Gasteiger partial charge on any atom is -0.317 e. The summed E-state index contributed by atoms with van der Waals surface area (Å²) < 4.78 is 3.47. The molecular weight excluding hydrogens is 407 g/mol. The van der Waals surface area contributed by atoms with Crippen LogP contribution in [0.1, 0.15) is 37.1 Å². The van der Waals surface area contributed by atoms with Crippen molar-refractivity contribution in [1.29, 1.82) is 0 Å². The van der Waals surface area contributed by atoms with Gasteiger partial charge in [-0.05, 0) is 55.6 Å². The summed E-state index contributed by atoms with van der Waals surface area (Å²) >= 11 is 0. The second-order valence-corrected chi connectivity index (χ2v) is 7.13. The standard InChI is InChI=1S/C22H26N4O.2ClH/c1-2-25-21(19-11-13-23-14-12-19)24-26(22(25)27)16-17-7-6-10-20(15-17)18-8-4-3-5-9-18;;/h3-10,15,19,23H,2,11-14,16H2,1H3;2*1H. The molecule has 0 saturated carbocycles. The third kappa shape index (κ3) is 5.10. The molecule has 2 aromatic carbocycles. The van der Waals surface area contributed by atoms with Gasteiger partial charge in [0.1, 0.15) is 5.82 Å². The van der Waals surface area contributed by atoms with Crippen LogP contribution in [-0.4, -0.2) is 27.4 Å². The molecular formula is C22H28Cl2N4O. The van der Waals surface area contributed by atoms with E-state index >= 15 is 0 Å². The molecule has 0 unspecified atom stereocenters. The van der Waals surface area contributed by atoms with E-state index in [0.717, 1.165) is 42.9 Å². The summed E-state index contributed by atoms with van der Waals surface area (Å²) in [6.07, 6.45) is 2.08. The Balaban J connectivity index is 0.00000150. The quantitative estimate of drug-likeness (QED) is 0.657. The first kappa shape index (κ1) is 23.2. The SMILES string of the molecule is CCn1c(C2CCNCC2)nn(Cc2cccc(-c3ccccc3)c2)c1=O.Cl.Cl. The summed E-state index contributed by atoms with van der Waals surface area (Å²) in [6.45, 7) is 5.18. The first-order valence-electron chi connectivity index (χ1n) is 9.79. The van der Waals surface area contributed by atoms with Crippen LogP contribution in [0, 0.1) is 0 Å². The molecule has 0 amide bonds. The van der Waals surface area contributed by atoms with Crippen LogP contribution in [0.4, 0.5) is 0 Å². The molecule has 0 radical (unpaired) electrons. The summed E-state index contributed by atoms with van der Waals surface area (Å²) in [5, 5.41) is 8.12. The normalized spacial score (nSPS) is 14.1. The molecule has 7 heteroatoms. The second kappa shape index (κ2) is 10.6. The van der Waals surface area contributed by atoms with Gasteiger partial charge in [-0.2, -0.15) is 5.10 Å². The first-order chi connectivity index (χ1) is 13.3. The Kier molecular flexibility index (Phi) is 8.50. The summed E-state index contributed by atoms with van der Waals surface area (Å²) in [5.74, 6) is 1.32. The lowest BCUT2D eigenvalue weighted by atomic mass is 9.97. The van der Waals surface area contributed by atoms with Crippen molar-refractivity contribution in [3.05, 3.63) is 76.5 Å². The van der Waals surface area contributed by atoms with Crippen LogP contribution in [0.25, 0.3) is 11.1 Å². The van der Waals surface area contributed by atoms with E-state index in [1.165, 1.54) is 5.56 Å². The zero-order chi connectivity index (χ0) is 18.6. The van der Waals surface area contributed by atoms with Gasteiger partial charge >= 0.3 is 5.69 Å². The molecule has 0 spiro atoms. The van der Waals surface area contributed by atoms with Crippen molar-refractivity contribution in [1.82, 2.24) is 19.7 Å². The summed E-state index contributed by atoms with van der Waals surface area (Å²) in [7, 11) is 0. The molecule has 0 bridgehead atoms. The molecule has 1 aliphatic heterocycles. The average molecular weight is 435 g/mol. The molecule has 1 aromatic heterocycles. The zero-order valence-corrected chi connectivity index (χ0v) is 18.2. The Morgan fingerprint density at radius 1 is 1.00 bits per heavy atom. The highest BCUT2D eigenvalue weighted by Gasteiger charge is 2.23. The predicted octanol–water partition coefficient (Wildman–Crippen LogP) is 4.09. The minimum atomic E-state index is -0.00357. The van der Waals surface area contributed by atoms with Crippen molar-refractivity contribution in [3.8, 4) is 11.1 Å². The van der Waals surface area contributed by atoms with E-state index < -0.39 is 0 Å². The van der Waals surface area contributed by atoms with Gasteiger partial charge in [0.15, 0.2) is 0 Å².